The number of nitrogens with zero attached hydrogens (tertiary/aromatic N) is 2. The Morgan fingerprint density at radius 3 is 2.31 bits per heavy atom. The molecule has 1 atom stereocenters. The molecule has 1 aliphatic rings. The molecule has 1 heterocycles. The number of amides is 1. The first-order valence-electron chi connectivity index (χ1n) is 9.28. The molecule has 0 radical (unpaired) electrons. The molecule has 6 nitrogen and oxygen atoms in total. The van der Waals surface area contributed by atoms with Gasteiger partial charge in [-0.3, -0.25) is 4.79 Å². The van der Waals surface area contributed by atoms with E-state index in [1.807, 2.05) is 51.2 Å². The second-order valence-electron chi connectivity index (χ2n) is 7.48. The minimum absolute atomic E-state index is 0.0123. The smallest absolute Gasteiger partial charge is 0.240 e. The highest BCUT2D eigenvalue weighted by atomic mass is 32.2. The maximum atomic E-state index is 12.9. The minimum Gasteiger partial charge on any atom is -0.339 e. The molecular formula is C19H31N3O3S. The summed E-state index contributed by atoms with van der Waals surface area (Å²) in [7, 11) is -1.50. The fourth-order valence-corrected chi connectivity index (χ4v) is 4.34. The van der Waals surface area contributed by atoms with Gasteiger partial charge in [0.2, 0.25) is 15.9 Å². The molecule has 1 aromatic carbocycles. The van der Waals surface area contributed by atoms with Crippen LogP contribution in [0.3, 0.4) is 0 Å². The Bertz CT molecular complexity index is 669. The SMILES string of the molecule is CC(C)C[C@@H](NS(=O)(=O)CCc1ccccc1)C(=O)N1CCN(C)CC1. The van der Waals surface area contributed by atoms with Crippen molar-refractivity contribution in [3.63, 3.8) is 0 Å². The summed E-state index contributed by atoms with van der Waals surface area (Å²) in [5.74, 6) is 0.116. The highest BCUT2D eigenvalue weighted by Crippen LogP contribution is 2.12. The van der Waals surface area contributed by atoms with Crippen molar-refractivity contribution in [3.8, 4) is 0 Å². The van der Waals surface area contributed by atoms with Gasteiger partial charge in [0, 0.05) is 26.2 Å². The molecule has 1 saturated heterocycles. The lowest BCUT2D eigenvalue weighted by atomic mass is 10.0. The molecule has 0 bridgehead atoms. The Morgan fingerprint density at radius 1 is 1.12 bits per heavy atom. The van der Waals surface area contributed by atoms with Gasteiger partial charge in [0.15, 0.2) is 0 Å². The second-order valence-corrected chi connectivity index (χ2v) is 9.36. The van der Waals surface area contributed by atoms with Crippen LogP contribution in [-0.2, 0) is 21.2 Å². The highest BCUT2D eigenvalue weighted by Gasteiger charge is 2.30. The van der Waals surface area contributed by atoms with E-state index in [-0.39, 0.29) is 17.6 Å². The molecule has 0 saturated carbocycles. The third kappa shape index (κ3) is 6.70. The van der Waals surface area contributed by atoms with Gasteiger partial charge in [-0.1, -0.05) is 44.2 Å². The van der Waals surface area contributed by atoms with Crippen LogP contribution in [0.1, 0.15) is 25.8 Å². The summed E-state index contributed by atoms with van der Waals surface area (Å²) in [4.78, 5) is 16.8. The first-order valence-corrected chi connectivity index (χ1v) is 10.9. The van der Waals surface area contributed by atoms with Crippen LogP contribution in [0.15, 0.2) is 30.3 Å². The van der Waals surface area contributed by atoms with Crippen LogP contribution in [0.25, 0.3) is 0 Å². The number of likely N-dealkylation sites (N-methyl/N-ethyl adjacent to an activating group) is 1. The fourth-order valence-electron chi connectivity index (χ4n) is 3.09. The number of hydrogen-bond acceptors (Lipinski definition) is 4. The number of piperazine rings is 1. The van der Waals surface area contributed by atoms with Gasteiger partial charge in [-0.2, -0.15) is 0 Å². The molecule has 7 heteroatoms. The Labute approximate surface area is 157 Å². The van der Waals surface area contributed by atoms with Crippen LogP contribution in [0.4, 0.5) is 0 Å². The standard InChI is InChI=1S/C19H31N3O3S/c1-16(2)15-18(19(23)22-12-10-21(3)11-13-22)20-26(24,25)14-9-17-7-5-4-6-8-17/h4-8,16,18,20H,9-15H2,1-3H3/t18-/m1/s1. The maximum Gasteiger partial charge on any atom is 0.240 e. The van der Waals surface area contributed by atoms with E-state index in [4.69, 9.17) is 0 Å². The third-order valence-electron chi connectivity index (χ3n) is 4.64. The van der Waals surface area contributed by atoms with Gasteiger partial charge in [-0.15, -0.1) is 0 Å². The molecule has 2 rings (SSSR count). The number of rotatable bonds is 8. The molecule has 0 aliphatic carbocycles. The Kier molecular flexibility index (Phi) is 7.61. The van der Waals surface area contributed by atoms with Gasteiger partial charge < -0.3 is 9.80 Å². The topological polar surface area (TPSA) is 69.7 Å². The predicted molar refractivity (Wildman–Crippen MR) is 104 cm³/mol. The summed E-state index contributed by atoms with van der Waals surface area (Å²) in [6.07, 6.45) is 0.947. The Morgan fingerprint density at radius 2 is 1.73 bits per heavy atom. The normalized spacial score (nSPS) is 17.5. The number of sulfonamides is 1. The lowest BCUT2D eigenvalue weighted by Crippen LogP contribution is -2.54. The van der Waals surface area contributed by atoms with Gasteiger partial charge in [-0.25, -0.2) is 13.1 Å². The fraction of sp³-hybridized carbons (Fsp3) is 0.632. The van der Waals surface area contributed by atoms with Gasteiger partial charge in [-0.05, 0) is 31.4 Å². The second kappa shape index (κ2) is 9.48. The van der Waals surface area contributed by atoms with E-state index in [0.29, 0.717) is 25.9 Å². The zero-order valence-electron chi connectivity index (χ0n) is 16.0. The van der Waals surface area contributed by atoms with Gasteiger partial charge >= 0.3 is 0 Å². The molecule has 1 amide bonds. The molecule has 1 N–H and O–H groups in total. The molecule has 0 aromatic heterocycles. The quantitative estimate of drug-likeness (QED) is 0.738. The first kappa shape index (κ1) is 20.9. The van der Waals surface area contributed by atoms with Crippen molar-refractivity contribution in [2.75, 3.05) is 39.0 Å². The van der Waals surface area contributed by atoms with E-state index in [1.165, 1.54) is 0 Å². The Balaban J connectivity index is 2.00. The van der Waals surface area contributed by atoms with E-state index in [0.717, 1.165) is 18.7 Å². The molecular weight excluding hydrogens is 350 g/mol. The van der Waals surface area contributed by atoms with E-state index >= 15 is 0 Å². The lowest BCUT2D eigenvalue weighted by Gasteiger charge is -2.35. The van der Waals surface area contributed by atoms with Crippen molar-refractivity contribution < 1.29 is 13.2 Å². The van der Waals surface area contributed by atoms with Crippen molar-refractivity contribution >= 4 is 15.9 Å². The average molecular weight is 382 g/mol. The van der Waals surface area contributed by atoms with Crippen molar-refractivity contribution in [2.45, 2.75) is 32.7 Å². The van der Waals surface area contributed by atoms with Crippen LogP contribution >= 0.6 is 0 Å². The minimum atomic E-state index is -3.53. The van der Waals surface area contributed by atoms with E-state index in [9.17, 15) is 13.2 Å². The first-order chi connectivity index (χ1) is 12.3. The lowest BCUT2D eigenvalue weighted by molar-refractivity contribution is -0.135. The predicted octanol–water partition coefficient (Wildman–Crippen LogP) is 1.34. The molecule has 0 unspecified atom stereocenters. The van der Waals surface area contributed by atoms with Crippen LogP contribution in [0.5, 0.6) is 0 Å². The largest absolute Gasteiger partial charge is 0.339 e. The molecule has 0 spiro atoms. The zero-order chi connectivity index (χ0) is 19.2. The molecule has 1 aromatic rings. The number of aryl methyl sites for hydroxylation is 1. The monoisotopic (exact) mass is 381 g/mol. The summed E-state index contributed by atoms with van der Waals surface area (Å²) in [5.41, 5.74) is 0.976. The summed E-state index contributed by atoms with van der Waals surface area (Å²) < 4.78 is 27.8. The van der Waals surface area contributed by atoms with E-state index in [1.54, 1.807) is 4.90 Å². The van der Waals surface area contributed by atoms with Crippen molar-refractivity contribution in [1.29, 1.82) is 0 Å². The number of hydrogen-bond donors (Lipinski definition) is 1. The van der Waals surface area contributed by atoms with Gasteiger partial charge in [0.25, 0.3) is 0 Å². The van der Waals surface area contributed by atoms with E-state index in [2.05, 4.69) is 9.62 Å². The van der Waals surface area contributed by atoms with Gasteiger partial charge in [0.05, 0.1) is 5.75 Å². The van der Waals surface area contributed by atoms with Crippen molar-refractivity contribution in [3.05, 3.63) is 35.9 Å². The number of nitrogens with one attached hydrogen (secondary N) is 1. The van der Waals surface area contributed by atoms with Crippen LogP contribution in [0, 0.1) is 5.92 Å². The van der Waals surface area contributed by atoms with E-state index < -0.39 is 16.1 Å². The number of carbonyl (C=O) groups is 1. The summed E-state index contributed by atoms with van der Waals surface area (Å²) in [5, 5.41) is 0. The van der Waals surface area contributed by atoms with Crippen molar-refractivity contribution in [2.24, 2.45) is 5.92 Å². The summed E-state index contributed by atoms with van der Waals surface area (Å²) >= 11 is 0. The van der Waals surface area contributed by atoms with Gasteiger partial charge in [0.1, 0.15) is 6.04 Å². The molecule has 1 aliphatic heterocycles. The highest BCUT2D eigenvalue weighted by molar-refractivity contribution is 7.89. The van der Waals surface area contributed by atoms with Crippen LogP contribution in [-0.4, -0.2) is 69.1 Å². The molecule has 26 heavy (non-hydrogen) atoms. The molecule has 1 fully saturated rings. The molecule has 146 valence electrons. The maximum absolute atomic E-state index is 12.9. The van der Waals surface area contributed by atoms with Crippen LogP contribution in [0.2, 0.25) is 0 Å². The number of benzene rings is 1. The van der Waals surface area contributed by atoms with Crippen LogP contribution < -0.4 is 4.72 Å². The average Bonchev–Trinajstić information content (AvgIpc) is 2.60. The summed E-state index contributed by atoms with van der Waals surface area (Å²) in [6.45, 7) is 6.94. The van der Waals surface area contributed by atoms with Crippen molar-refractivity contribution in [1.82, 2.24) is 14.5 Å². The third-order valence-corrected chi connectivity index (χ3v) is 6.03. The summed E-state index contributed by atoms with van der Waals surface area (Å²) in [6, 6.07) is 8.84. The number of carbonyl (C=O) groups excluding carboxylic acids is 1. The Hall–Kier alpha value is -1.44. The zero-order valence-corrected chi connectivity index (χ0v) is 16.8.